The zero-order valence-electron chi connectivity index (χ0n) is 13.7. The molecule has 1 aromatic carbocycles. The normalized spacial score (nSPS) is 10.6. The van der Waals surface area contributed by atoms with E-state index >= 15 is 0 Å². The van der Waals surface area contributed by atoms with E-state index in [0.717, 1.165) is 11.2 Å². The first kappa shape index (κ1) is 15.8. The number of hydrogen-bond acceptors (Lipinski definition) is 5. The average Bonchev–Trinajstić information content (AvgIpc) is 3.03. The minimum absolute atomic E-state index is 0.279. The van der Waals surface area contributed by atoms with E-state index in [0.29, 0.717) is 29.1 Å². The van der Waals surface area contributed by atoms with Crippen molar-refractivity contribution < 1.29 is 14.3 Å². The number of aryl methyl sites for hydroxylation is 1. The lowest BCUT2D eigenvalue weighted by Gasteiger charge is -2.11. The lowest BCUT2D eigenvalue weighted by atomic mass is 10.1. The van der Waals surface area contributed by atoms with Crippen LogP contribution in [0.4, 0.5) is 0 Å². The van der Waals surface area contributed by atoms with Crippen LogP contribution in [0.2, 0.25) is 0 Å². The highest BCUT2D eigenvalue weighted by atomic mass is 16.5. The highest BCUT2D eigenvalue weighted by Crippen LogP contribution is 2.32. The van der Waals surface area contributed by atoms with Gasteiger partial charge in [0.1, 0.15) is 23.0 Å². The molecule has 24 heavy (non-hydrogen) atoms. The predicted octanol–water partition coefficient (Wildman–Crippen LogP) is 1.92. The van der Waals surface area contributed by atoms with Crippen LogP contribution < -0.4 is 14.8 Å². The van der Waals surface area contributed by atoms with Gasteiger partial charge in [-0.05, 0) is 12.1 Å². The Balaban J connectivity index is 1.96. The minimum atomic E-state index is -0.279. The van der Waals surface area contributed by atoms with Crippen molar-refractivity contribution in [3.05, 3.63) is 48.3 Å². The number of imidazole rings is 1. The second-order valence-electron chi connectivity index (χ2n) is 5.22. The van der Waals surface area contributed by atoms with Gasteiger partial charge in [0.25, 0.3) is 5.91 Å². The Hall–Kier alpha value is -3.09. The van der Waals surface area contributed by atoms with Crippen LogP contribution in [0.3, 0.4) is 0 Å². The zero-order chi connectivity index (χ0) is 17.1. The van der Waals surface area contributed by atoms with Gasteiger partial charge in [-0.2, -0.15) is 0 Å². The second-order valence-corrected chi connectivity index (χ2v) is 5.22. The van der Waals surface area contributed by atoms with Crippen LogP contribution in [0.5, 0.6) is 11.5 Å². The number of methoxy groups -OCH3 is 2. The van der Waals surface area contributed by atoms with Crippen molar-refractivity contribution in [2.24, 2.45) is 7.05 Å². The van der Waals surface area contributed by atoms with Gasteiger partial charge in [0.2, 0.25) is 0 Å². The largest absolute Gasteiger partial charge is 0.497 e. The minimum Gasteiger partial charge on any atom is -0.497 e. The first-order valence-corrected chi connectivity index (χ1v) is 7.39. The maximum absolute atomic E-state index is 12.6. The quantitative estimate of drug-likeness (QED) is 0.775. The third-order valence-corrected chi connectivity index (χ3v) is 3.81. The van der Waals surface area contributed by atoms with E-state index in [2.05, 4.69) is 15.3 Å². The van der Waals surface area contributed by atoms with Crippen molar-refractivity contribution in [1.29, 1.82) is 0 Å². The molecule has 1 N–H and O–H groups in total. The first-order valence-electron chi connectivity index (χ1n) is 7.39. The molecule has 7 heteroatoms. The monoisotopic (exact) mass is 326 g/mol. The van der Waals surface area contributed by atoms with Crippen molar-refractivity contribution in [1.82, 2.24) is 19.9 Å². The molecule has 0 fully saturated rings. The molecule has 1 amide bonds. The summed E-state index contributed by atoms with van der Waals surface area (Å²) >= 11 is 0. The molecule has 124 valence electrons. The Kier molecular flexibility index (Phi) is 4.33. The number of amides is 1. The molecule has 2 aromatic heterocycles. The smallest absolute Gasteiger partial charge is 0.270 e. The SMILES string of the molecule is COc1cc(OC)c2ccnc(C(=O)NCc3nccn3C)c2c1. The lowest BCUT2D eigenvalue weighted by Crippen LogP contribution is -2.25. The molecule has 3 rings (SSSR count). The van der Waals surface area contributed by atoms with Crippen LogP contribution in [0.25, 0.3) is 10.8 Å². The number of hydrogen-bond donors (Lipinski definition) is 1. The van der Waals surface area contributed by atoms with E-state index in [1.54, 1.807) is 38.7 Å². The molecule has 7 nitrogen and oxygen atoms in total. The van der Waals surface area contributed by atoms with E-state index in [1.165, 1.54) is 0 Å². The molecular weight excluding hydrogens is 308 g/mol. The Bertz CT molecular complexity index is 889. The Labute approximate surface area is 139 Å². The van der Waals surface area contributed by atoms with Gasteiger partial charge in [0.15, 0.2) is 0 Å². The van der Waals surface area contributed by atoms with Gasteiger partial charge in [-0.25, -0.2) is 4.98 Å². The van der Waals surface area contributed by atoms with Crippen LogP contribution in [0.1, 0.15) is 16.3 Å². The number of fused-ring (bicyclic) bond motifs is 1. The summed E-state index contributed by atoms with van der Waals surface area (Å²) < 4.78 is 12.5. The molecule has 0 saturated heterocycles. The summed E-state index contributed by atoms with van der Waals surface area (Å²) in [4.78, 5) is 21.0. The number of nitrogens with zero attached hydrogens (tertiary/aromatic N) is 3. The number of carbonyl (C=O) groups is 1. The summed E-state index contributed by atoms with van der Waals surface area (Å²) in [5.41, 5.74) is 0.318. The first-order chi connectivity index (χ1) is 11.6. The molecule has 0 bridgehead atoms. The number of nitrogens with one attached hydrogen (secondary N) is 1. The van der Waals surface area contributed by atoms with E-state index in [1.807, 2.05) is 23.9 Å². The maximum Gasteiger partial charge on any atom is 0.270 e. The number of aromatic nitrogens is 3. The van der Waals surface area contributed by atoms with Gasteiger partial charge in [-0.3, -0.25) is 9.78 Å². The highest BCUT2D eigenvalue weighted by molar-refractivity contribution is 6.07. The predicted molar refractivity (Wildman–Crippen MR) is 89.2 cm³/mol. The molecule has 0 aliphatic heterocycles. The van der Waals surface area contributed by atoms with E-state index in [9.17, 15) is 4.79 Å². The van der Waals surface area contributed by atoms with Crippen molar-refractivity contribution in [3.8, 4) is 11.5 Å². The molecule has 0 unspecified atom stereocenters. The highest BCUT2D eigenvalue weighted by Gasteiger charge is 2.15. The van der Waals surface area contributed by atoms with E-state index < -0.39 is 0 Å². The zero-order valence-corrected chi connectivity index (χ0v) is 13.7. The van der Waals surface area contributed by atoms with Gasteiger partial charge in [0.05, 0.1) is 20.8 Å². The van der Waals surface area contributed by atoms with Gasteiger partial charge >= 0.3 is 0 Å². The van der Waals surface area contributed by atoms with Crippen LogP contribution in [0, 0.1) is 0 Å². The third kappa shape index (κ3) is 2.88. The van der Waals surface area contributed by atoms with Crippen molar-refractivity contribution >= 4 is 16.7 Å². The van der Waals surface area contributed by atoms with E-state index in [-0.39, 0.29) is 5.91 Å². The van der Waals surface area contributed by atoms with Crippen LogP contribution >= 0.6 is 0 Å². The molecule has 2 heterocycles. The van der Waals surface area contributed by atoms with Crippen molar-refractivity contribution in [2.45, 2.75) is 6.54 Å². The Morgan fingerprint density at radius 1 is 1.17 bits per heavy atom. The van der Waals surface area contributed by atoms with Crippen molar-refractivity contribution in [2.75, 3.05) is 14.2 Å². The summed E-state index contributed by atoms with van der Waals surface area (Å²) in [5.74, 6) is 1.72. The number of pyridine rings is 1. The molecule has 0 aliphatic carbocycles. The topological polar surface area (TPSA) is 78.3 Å². The fourth-order valence-corrected chi connectivity index (χ4v) is 2.50. The molecule has 0 atom stereocenters. The summed E-state index contributed by atoms with van der Waals surface area (Å²) in [6.07, 6.45) is 5.10. The Morgan fingerprint density at radius 2 is 2.00 bits per heavy atom. The molecule has 0 saturated carbocycles. The van der Waals surface area contributed by atoms with Crippen LogP contribution in [-0.4, -0.2) is 34.7 Å². The number of carbonyl (C=O) groups excluding carboxylic acids is 1. The van der Waals surface area contributed by atoms with E-state index in [4.69, 9.17) is 9.47 Å². The average molecular weight is 326 g/mol. The van der Waals surface area contributed by atoms with Gasteiger partial charge < -0.3 is 19.4 Å². The van der Waals surface area contributed by atoms with Crippen LogP contribution in [-0.2, 0) is 13.6 Å². The van der Waals surface area contributed by atoms with Gasteiger partial charge in [-0.1, -0.05) is 0 Å². The second kappa shape index (κ2) is 6.57. The Morgan fingerprint density at radius 3 is 2.67 bits per heavy atom. The molecule has 3 aromatic rings. The summed E-state index contributed by atoms with van der Waals surface area (Å²) in [6, 6.07) is 5.36. The van der Waals surface area contributed by atoms with Gasteiger partial charge in [-0.15, -0.1) is 0 Å². The van der Waals surface area contributed by atoms with Crippen LogP contribution in [0.15, 0.2) is 36.8 Å². The molecule has 0 aliphatic rings. The maximum atomic E-state index is 12.6. The summed E-state index contributed by atoms with van der Waals surface area (Å²) in [5, 5.41) is 4.32. The van der Waals surface area contributed by atoms with Crippen molar-refractivity contribution in [3.63, 3.8) is 0 Å². The standard InChI is InChI=1S/C17H18N4O3/c1-21-7-6-18-15(21)10-20-17(22)16-13-8-11(23-2)9-14(24-3)12(13)4-5-19-16/h4-9H,10H2,1-3H3,(H,20,22). The summed E-state index contributed by atoms with van der Waals surface area (Å²) in [7, 11) is 5.02. The lowest BCUT2D eigenvalue weighted by molar-refractivity contribution is 0.0946. The molecule has 0 spiro atoms. The number of rotatable bonds is 5. The molecule has 0 radical (unpaired) electrons. The van der Waals surface area contributed by atoms with Gasteiger partial charge in [0, 0.05) is 42.5 Å². The summed E-state index contributed by atoms with van der Waals surface area (Å²) in [6.45, 7) is 0.321. The third-order valence-electron chi connectivity index (χ3n) is 3.81. The fraction of sp³-hybridized carbons (Fsp3) is 0.235. The molecular formula is C17H18N4O3. The number of benzene rings is 1. The number of ether oxygens (including phenoxy) is 2. The fourth-order valence-electron chi connectivity index (χ4n) is 2.50.